The number of halogens is 4. The molecule has 0 aromatic carbocycles. The van der Waals surface area contributed by atoms with Crippen molar-refractivity contribution in [3.63, 3.8) is 0 Å². The Labute approximate surface area is 174 Å². The Bertz CT molecular complexity index is 861. The van der Waals surface area contributed by atoms with Crippen LogP contribution >= 0.6 is 46.4 Å². The standard InChI is InChI=1S/C10H9Cl2NO3.C6H3Cl2NO2/c1-2-16-10(15)4-8(14)6-3-9(12)13-5-7(6)11;7-4-2-9-5(8)1-3(4)6(10)11/h3,5H,2,4H2,1H3;1-2H,(H,10,11). The van der Waals surface area contributed by atoms with Gasteiger partial charge in [0, 0.05) is 18.0 Å². The highest BCUT2D eigenvalue weighted by Crippen LogP contribution is 2.20. The average molecular weight is 454 g/mol. The smallest absolute Gasteiger partial charge is 0.337 e. The van der Waals surface area contributed by atoms with Gasteiger partial charge < -0.3 is 9.84 Å². The number of pyridine rings is 2. The van der Waals surface area contributed by atoms with Crippen molar-refractivity contribution in [1.82, 2.24) is 9.97 Å². The minimum atomic E-state index is -1.11. The van der Waals surface area contributed by atoms with Gasteiger partial charge >= 0.3 is 11.9 Å². The summed E-state index contributed by atoms with van der Waals surface area (Å²) in [5.41, 5.74) is 0.140. The predicted octanol–water partition coefficient (Wildman–Crippen LogP) is 4.61. The van der Waals surface area contributed by atoms with Gasteiger partial charge in [-0.15, -0.1) is 0 Å². The number of ketones is 1. The second-order valence-corrected chi connectivity index (χ2v) is 6.27. The molecule has 0 radical (unpaired) electrons. The minimum Gasteiger partial charge on any atom is -0.478 e. The summed E-state index contributed by atoms with van der Waals surface area (Å²) in [6.45, 7) is 1.90. The van der Waals surface area contributed by atoms with Crippen LogP contribution < -0.4 is 0 Å². The molecule has 0 fully saturated rings. The molecule has 144 valence electrons. The van der Waals surface area contributed by atoms with Gasteiger partial charge in [-0.2, -0.15) is 0 Å². The van der Waals surface area contributed by atoms with Gasteiger partial charge in [0.25, 0.3) is 0 Å². The molecule has 0 aliphatic carbocycles. The number of carboxylic acid groups (broad SMARTS) is 1. The van der Waals surface area contributed by atoms with Crippen LogP contribution in [0.4, 0.5) is 0 Å². The van der Waals surface area contributed by atoms with E-state index in [0.29, 0.717) is 0 Å². The largest absolute Gasteiger partial charge is 0.478 e. The first kappa shape index (κ1) is 23.1. The van der Waals surface area contributed by atoms with E-state index in [1.807, 2.05) is 0 Å². The maximum Gasteiger partial charge on any atom is 0.337 e. The first-order chi connectivity index (χ1) is 12.6. The summed E-state index contributed by atoms with van der Waals surface area (Å²) in [4.78, 5) is 40.4. The van der Waals surface area contributed by atoms with Gasteiger partial charge in [0.1, 0.15) is 16.7 Å². The second kappa shape index (κ2) is 11.0. The SMILES string of the molecule is CCOC(=O)CC(=O)c1cc(Cl)ncc1Cl.O=C(O)c1cc(Cl)ncc1Cl. The van der Waals surface area contributed by atoms with Gasteiger partial charge in [-0.05, 0) is 19.1 Å². The molecule has 0 aliphatic heterocycles. The van der Waals surface area contributed by atoms with Crippen molar-refractivity contribution in [3.05, 3.63) is 56.0 Å². The van der Waals surface area contributed by atoms with Crippen LogP contribution in [0.15, 0.2) is 24.5 Å². The van der Waals surface area contributed by atoms with Crippen molar-refractivity contribution in [3.8, 4) is 0 Å². The molecule has 27 heavy (non-hydrogen) atoms. The molecular weight excluding hydrogens is 442 g/mol. The summed E-state index contributed by atoms with van der Waals surface area (Å²) >= 11 is 22.3. The van der Waals surface area contributed by atoms with Crippen LogP contribution in [0.2, 0.25) is 20.4 Å². The molecule has 0 spiro atoms. The molecule has 7 nitrogen and oxygen atoms in total. The Morgan fingerprint density at radius 1 is 0.963 bits per heavy atom. The number of nitrogens with zero attached hydrogens (tertiary/aromatic N) is 2. The summed E-state index contributed by atoms with van der Waals surface area (Å²) in [6.07, 6.45) is 2.11. The van der Waals surface area contributed by atoms with Gasteiger partial charge in [-0.25, -0.2) is 14.8 Å². The third kappa shape index (κ3) is 7.68. The van der Waals surface area contributed by atoms with E-state index in [4.69, 9.17) is 51.5 Å². The normalized spacial score (nSPS) is 9.81. The first-order valence-corrected chi connectivity index (χ1v) is 8.71. The lowest BCUT2D eigenvalue weighted by Crippen LogP contribution is -2.11. The lowest BCUT2D eigenvalue weighted by atomic mass is 10.1. The summed E-state index contributed by atoms with van der Waals surface area (Å²) in [5.74, 6) is -2.14. The topological polar surface area (TPSA) is 106 Å². The third-order valence-electron chi connectivity index (χ3n) is 2.78. The number of hydrogen-bond acceptors (Lipinski definition) is 6. The summed E-state index contributed by atoms with van der Waals surface area (Å²) in [5, 5.41) is 9.04. The van der Waals surface area contributed by atoms with Crippen LogP contribution in [0.5, 0.6) is 0 Å². The Balaban J connectivity index is 0.000000289. The molecule has 2 heterocycles. The number of Topliss-reactive ketones (excluding diaryl/α,β-unsaturated/α-hetero) is 1. The zero-order valence-corrected chi connectivity index (χ0v) is 16.7. The number of carbonyl (C=O) groups is 3. The Morgan fingerprint density at radius 3 is 1.89 bits per heavy atom. The summed E-state index contributed by atoms with van der Waals surface area (Å²) in [7, 11) is 0. The molecule has 0 saturated heterocycles. The van der Waals surface area contributed by atoms with E-state index in [1.165, 1.54) is 24.5 Å². The third-order valence-corrected chi connectivity index (χ3v) is 3.80. The minimum absolute atomic E-state index is 0.0355. The lowest BCUT2D eigenvalue weighted by Gasteiger charge is -2.03. The van der Waals surface area contributed by atoms with Gasteiger partial charge in [0.2, 0.25) is 0 Å². The highest BCUT2D eigenvalue weighted by atomic mass is 35.5. The summed E-state index contributed by atoms with van der Waals surface area (Å²) in [6, 6.07) is 2.53. The number of hydrogen-bond donors (Lipinski definition) is 1. The van der Waals surface area contributed by atoms with Crippen LogP contribution in [-0.2, 0) is 9.53 Å². The molecule has 2 rings (SSSR count). The van der Waals surface area contributed by atoms with Crippen molar-refractivity contribution < 1.29 is 24.2 Å². The van der Waals surface area contributed by atoms with E-state index >= 15 is 0 Å². The van der Waals surface area contributed by atoms with E-state index < -0.39 is 17.7 Å². The van der Waals surface area contributed by atoms with Crippen LogP contribution in [-0.4, -0.2) is 39.4 Å². The zero-order valence-electron chi connectivity index (χ0n) is 13.7. The first-order valence-electron chi connectivity index (χ1n) is 7.19. The van der Waals surface area contributed by atoms with Crippen molar-refractivity contribution in [2.24, 2.45) is 0 Å². The quantitative estimate of drug-likeness (QED) is 0.304. The molecule has 0 atom stereocenters. The van der Waals surface area contributed by atoms with Gasteiger partial charge in [-0.3, -0.25) is 9.59 Å². The highest BCUT2D eigenvalue weighted by molar-refractivity contribution is 6.35. The zero-order chi connectivity index (χ0) is 20.6. The number of carboxylic acids is 1. The number of aromatic nitrogens is 2. The highest BCUT2D eigenvalue weighted by Gasteiger charge is 2.16. The number of carbonyl (C=O) groups excluding carboxylic acids is 2. The number of esters is 1. The van der Waals surface area contributed by atoms with Gasteiger partial charge in [0.05, 0.1) is 22.2 Å². The molecule has 0 aliphatic rings. The Morgan fingerprint density at radius 2 is 1.44 bits per heavy atom. The van der Waals surface area contributed by atoms with E-state index in [-0.39, 0.29) is 44.5 Å². The Hall–Kier alpha value is -1.93. The molecule has 0 saturated carbocycles. The van der Waals surface area contributed by atoms with Crippen molar-refractivity contribution >= 4 is 64.1 Å². The number of aromatic carboxylic acids is 1. The fourth-order valence-corrected chi connectivity index (χ4v) is 2.35. The summed E-state index contributed by atoms with van der Waals surface area (Å²) < 4.78 is 4.65. The maximum atomic E-state index is 11.6. The number of ether oxygens (including phenoxy) is 1. The maximum absolute atomic E-state index is 11.6. The second-order valence-electron chi connectivity index (χ2n) is 4.68. The molecule has 0 bridgehead atoms. The molecule has 0 amide bonds. The number of rotatable bonds is 5. The molecule has 2 aromatic heterocycles. The van der Waals surface area contributed by atoms with Gasteiger partial charge in [-0.1, -0.05) is 46.4 Å². The van der Waals surface area contributed by atoms with Gasteiger partial charge in [0.15, 0.2) is 5.78 Å². The van der Waals surface area contributed by atoms with Crippen LogP contribution in [0, 0.1) is 0 Å². The fraction of sp³-hybridized carbons (Fsp3) is 0.188. The molecule has 1 N–H and O–H groups in total. The van der Waals surface area contributed by atoms with Crippen molar-refractivity contribution in [1.29, 1.82) is 0 Å². The van der Waals surface area contributed by atoms with Crippen molar-refractivity contribution in [2.45, 2.75) is 13.3 Å². The van der Waals surface area contributed by atoms with Crippen LogP contribution in [0.1, 0.15) is 34.1 Å². The monoisotopic (exact) mass is 452 g/mol. The molecule has 0 unspecified atom stereocenters. The lowest BCUT2D eigenvalue weighted by molar-refractivity contribution is -0.141. The average Bonchev–Trinajstić information content (AvgIpc) is 2.59. The molecular formula is C16H12Cl4N2O5. The van der Waals surface area contributed by atoms with E-state index in [0.717, 1.165) is 0 Å². The van der Waals surface area contributed by atoms with E-state index in [9.17, 15) is 14.4 Å². The molecule has 2 aromatic rings. The fourth-order valence-electron chi connectivity index (χ4n) is 1.64. The van der Waals surface area contributed by atoms with E-state index in [2.05, 4.69) is 14.7 Å². The predicted molar refractivity (Wildman–Crippen MR) is 101 cm³/mol. The van der Waals surface area contributed by atoms with Crippen LogP contribution in [0.3, 0.4) is 0 Å². The van der Waals surface area contributed by atoms with Crippen LogP contribution in [0.25, 0.3) is 0 Å². The molecule has 11 heteroatoms. The van der Waals surface area contributed by atoms with E-state index in [1.54, 1.807) is 6.92 Å². The van der Waals surface area contributed by atoms with Crippen molar-refractivity contribution in [2.75, 3.05) is 6.61 Å². The Kier molecular flexibility index (Phi) is 9.45.